The van der Waals surface area contributed by atoms with E-state index in [0.29, 0.717) is 10.5 Å². The van der Waals surface area contributed by atoms with Gasteiger partial charge in [-0.3, -0.25) is 0 Å². The molecule has 0 atom stereocenters. The van der Waals surface area contributed by atoms with E-state index in [9.17, 15) is 0 Å². The summed E-state index contributed by atoms with van der Waals surface area (Å²) in [4.78, 5) is 2.56. The summed E-state index contributed by atoms with van der Waals surface area (Å²) in [6, 6.07) is 16.6. The van der Waals surface area contributed by atoms with Gasteiger partial charge in [0.1, 0.15) is 11.5 Å². The minimum absolute atomic E-state index is 0.600. The van der Waals surface area contributed by atoms with Crippen molar-refractivity contribution < 1.29 is 4.74 Å². The fourth-order valence-electron chi connectivity index (χ4n) is 1.85. The van der Waals surface area contributed by atoms with Gasteiger partial charge in [0.05, 0.1) is 0 Å². The lowest BCUT2D eigenvalue weighted by Gasteiger charge is -2.09. The normalized spacial score (nSPS) is 11.1. The highest BCUT2D eigenvalue weighted by Gasteiger charge is 2.02. The van der Waals surface area contributed by atoms with Gasteiger partial charge < -0.3 is 4.74 Å². The van der Waals surface area contributed by atoms with Crippen molar-refractivity contribution in [1.82, 2.24) is 0 Å². The van der Waals surface area contributed by atoms with Crippen molar-refractivity contribution in [2.45, 2.75) is 48.0 Å². The first-order valence-corrected chi connectivity index (χ1v) is 9.00. The fraction of sp³-hybridized carbons (Fsp3) is 0.333. The third kappa shape index (κ3) is 5.68. The van der Waals surface area contributed by atoms with Crippen LogP contribution in [0, 0.1) is 0 Å². The smallest absolute Gasteiger partial charge is 0.127 e. The van der Waals surface area contributed by atoms with Gasteiger partial charge in [0.25, 0.3) is 0 Å². The van der Waals surface area contributed by atoms with Crippen LogP contribution in [0.25, 0.3) is 0 Å². The van der Waals surface area contributed by atoms with Gasteiger partial charge in [-0.05, 0) is 48.5 Å². The van der Waals surface area contributed by atoms with Gasteiger partial charge in [0.2, 0.25) is 0 Å². The largest absolute Gasteiger partial charge is 0.457 e. The second kappa shape index (κ2) is 7.81. The molecule has 0 unspecified atom stereocenters. The quantitative estimate of drug-likeness (QED) is 0.564. The summed E-state index contributed by atoms with van der Waals surface area (Å²) in [5.74, 6) is 1.76. The molecule has 1 nitrogen and oxygen atoms in total. The first kappa shape index (κ1) is 16.3. The maximum Gasteiger partial charge on any atom is 0.127 e. The van der Waals surface area contributed by atoms with Crippen molar-refractivity contribution in [3.05, 3.63) is 48.5 Å². The van der Waals surface area contributed by atoms with Crippen LogP contribution in [0.3, 0.4) is 0 Å². The van der Waals surface area contributed by atoms with Crippen LogP contribution in [0.15, 0.2) is 58.3 Å². The summed E-state index contributed by atoms with van der Waals surface area (Å²) < 4.78 is 5.88. The molecule has 0 fully saturated rings. The number of hydrogen-bond donors (Lipinski definition) is 0. The highest BCUT2D eigenvalue weighted by Crippen LogP contribution is 2.29. The molecule has 0 heterocycles. The van der Waals surface area contributed by atoms with Gasteiger partial charge in [-0.1, -0.05) is 27.7 Å². The minimum Gasteiger partial charge on any atom is -0.457 e. The molecule has 3 heteroatoms. The number of thioether (sulfide) groups is 2. The number of benzene rings is 2. The molecular weight excluding hydrogens is 296 g/mol. The Bertz CT molecular complexity index is 493. The van der Waals surface area contributed by atoms with Crippen LogP contribution in [-0.2, 0) is 0 Å². The average Bonchev–Trinajstić information content (AvgIpc) is 2.42. The first-order chi connectivity index (χ1) is 10.0. The van der Waals surface area contributed by atoms with Gasteiger partial charge in [0, 0.05) is 20.3 Å². The molecule has 0 aliphatic rings. The van der Waals surface area contributed by atoms with Crippen molar-refractivity contribution in [2.24, 2.45) is 0 Å². The van der Waals surface area contributed by atoms with Crippen LogP contribution in [0.1, 0.15) is 27.7 Å². The van der Waals surface area contributed by atoms with Gasteiger partial charge in [-0.15, -0.1) is 23.5 Å². The fourth-order valence-corrected chi connectivity index (χ4v) is 3.53. The molecule has 112 valence electrons. The molecule has 0 spiro atoms. The zero-order valence-corrected chi connectivity index (χ0v) is 14.6. The van der Waals surface area contributed by atoms with E-state index in [1.165, 1.54) is 9.79 Å². The van der Waals surface area contributed by atoms with Crippen molar-refractivity contribution >= 4 is 23.5 Å². The summed E-state index contributed by atoms with van der Waals surface area (Å²) in [6.07, 6.45) is 0. The maximum absolute atomic E-state index is 5.88. The molecule has 2 aromatic rings. The Morgan fingerprint density at radius 3 is 1.24 bits per heavy atom. The lowest BCUT2D eigenvalue weighted by molar-refractivity contribution is 0.482. The predicted octanol–water partition coefficient (Wildman–Crippen LogP) is 6.48. The summed E-state index contributed by atoms with van der Waals surface area (Å²) in [5, 5.41) is 1.20. The lowest BCUT2D eigenvalue weighted by atomic mass is 10.3. The molecule has 0 amide bonds. The van der Waals surface area contributed by atoms with Crippen molar-refractivity contribution in [2.75, 3.05) is 0 Å². The second-order valence-corrected chi connectivity index (χ2v) is 8.68. The summed E-state index contributed by atoms with van der Waals surface area (Å²) in [6.45, 7) is 8.80. The molecular formula is C18H22OS2. The van der Waals surface area contributed by atoms with E-state index in [1.54, 1.807) is 0 Å². The predicted molar refractivity (Wildman–Crippen MR) is 94.9 cm³/mol. The Labute approximate surface area is 136 Å². The number of rotatable bonds is 6. The summed E-state index contributed by atoms with van der Waals surface area (Å²) in [7, 11) is 0. The topological polar surface area (TPSA) is 9.23 Å². The van der Waals surface area contributed by atoms with E-state index in [1.807, 2.05) is 47.8 Å². The lowest BCUT2D eigenvalue weighted by Crippen LogP contribution is -1.88. The Morgan fingerprint density at radius 1 is 0.619 bits per heavy atom. The highest BCUT2D eigenvalue weighted by atomic mass is 32.2. The molecule has 0 aliphatic carbocycles. The van der Waals surface area contributed by atoms with Gasteiger partial charge in [-0.2, -0.15) is 0 Å². The van der Waals surface area contributed by atoms with Crippen LogP contribution in [0.4, 0.5) is 0 Å². The zero-order valence-electron chi connectivity index (χ0n) is 13.0. The SMILES string of the molecule is CC(C)Sc1ccc(Oc2ccc(SC(C)C)cc2)cc1. The Kier molecular flexibility index (Phi) is 6.07. The van der Waals surface area contributed by atoms with Crippen molar-refractivity contribution in [1.29, 1.82) is 0 Å². The zero-order chi connectivity index (χ0) is 15.2. The molecule has 21 heavy (non-hydrogen) atoms. The van der Waals surface area contributed by atoms with E-state index >= 15 is 0 Å². The Hall–Kier alpha value is -1.06. The molecule has 0 saturated heterocycles. The molecule has 0 N–H and O–H groups in total. The molecule has 0 saturated carbocycles. The Balaban J connectivity index is 1.97. The molecule has 0 radical (unpaired) electrons. The standard InChI is InChI=1S/C18H22OS2/c1-13(2)20-17-9-5-15(6-10-17)19-16-7-11-18(12-8-16)21-14(3)4/h5-14H,1-4H3. The number of hydrogen-bond acceptors (Lipinski definition) is 3. The van der Waals surface area contributed by atoms with E-state index in [0.717, 1.165) is 11.5 Å². The van der Waals surface area contributed by atoms with Gasteiger partial charge in [-0.25, -0.2) is 0 Å². The van der Waals surface area contributed by atoms with Crippen LogP contribution >= 0.6 is 23.5 Å². The molecule has 0 aliphatic heterocycles. The van der Waals surface area contributed by atoms with E-state index in [-0.39, 0.29) is 0 Å². The van der Waals surface area contributed by atoms with E-state index < -0.39 is 0 Å². The average molecular weight is 319 g/mol. The van der Waals surface area contributed by atoms with Gasteiger partial charge >= 0.3 is 0 Å². The van der Waals surface area contributed by atoms with E-state index in [2.05, 4.69) is 52.0 Å². The van der Waals surface area contributed by atoms with Crippen molar-refractivity contribution in [3.8, 4) is 11.5 Å². The van der Waals surface area contributed by atoms with Gasteiger partial charge in [0.15, 0.2) is 0 Å². The number of ether oxygens (including phenoxy) is 1. The third-order valence-corrected chi connectivity index (χ3v) is 4.66. The molecule has 2 aromatic carbocycles. The van der Waals surface area contributed by atoms with Crippen LogP contribution in [-0.4, -0.2) is 10.5 Å². The third-order valence-electron chi connectivity index (χ3n) is 2.63. The molecule has 0 bridgehead atoms. The van der Waals surface area contributed by atoms with Crippen LogP contribution < -0.4 is 4.74 Å². The first-order valence-electron chi connectivity index (χ1n) is 7.24. The summed E-state index contributed by atoms with van der Waals surface area (Å²) in [5.41, 5.74) is 0. The van der Waals surface area contributed by atoms with Crippen molar-refractivity contribution in [3.63, 3.8) is 0 Å². The maximum atomic E-state index is 5.88. The second-order valence-electron chi connectivity index (χ2n) is 5.38. The summed E-state index contributed by atoms with van der Waals surface area (Å²) >= 11 is 3.73. The highest BCUT2D eigenvalue weighted by molar-refractivity contribution is 8.00. The Morgan fingerprint density at radius 2 is 0.952 bits per heavy atom. The van der Waals surface area contributed by atoms with E-state index in [4.69, 9.17) is 4.74 Å². The monoisotopic (exact) mass is 318 g/mol. The minimum atomic E-state index is 0.600. The molecule has 0 aromatic heterocycles. The molecule has 2 rings (SSSR count). The van der Waals surface area contributed by atoms with Crippen LogP contribution in [0.2, 0.25) is 0 Å². The van der Waals surface area contributed by atoms with Crippen LogP contribution in [0.5, 0.6) is 11.5 Å².